The van der Waals surface area contributed by atoms with Gasteiger partial charge in [-0.25, -0.2) is 14.5 Å². The molecule has 0 amide bonds. The van der Waals surface area contributed by atoms with E-state index in [-0.39, 0.29) is 17.0 Å². The van der Waals surface area contributed by atoms with Crippen LogP contribution in [0.2, 0.25) is 5.02 Å². The number of hydrogen-bond acceptors (Lipinski definition) is 4. The topological polar surface area (TPSA) is 60.4 Å². The van der Waals surface area contributed by atoms with Gasteiger partial charge in [-0.05, 0) is 42.8 Å². The van der Waals surface area contributed by atoms with Crippen molar-refractivity contribution in [1.82, 2.24) is 9.55 Å². The molecular weight excluding hydrogens is 314 g/mol. The van der Waals surface area contributed by atoms with Gasteiger partial charge in [-0.3, -0.25) is 4.79 Å². The summed E-state index contributed by atoms with van der Waals surface area (Å²) in [7, 11) is 0. The SMILES string of the molecule is CCCCN=c1oc2ncccc2c(=O)n1-c1ccc(Cl)cc1. The number of hydrogen-bond donors (Lipinski definition) is 0. The minimum atomic E-state index is -0.211. The molecule has 0 atom stereocenters. The fourth-order valence-electron chi connectivity index (χ4n) is 2.23. The van der Waals surface area contributed by atoms with E-state index in [0.717, 1.165) is 12.8 Å². The number of aromatic nitrogens is 2. The summed E-state index contributed by atoms with van der Waals surface area (Å²) in [5.41, 5.74) is 0.982. The molecule has 0 bridgehead atoms. The molecule has 5 nitrogen and oxygen atoms in total. The first kappa shape index (κ1) is 15.5. The second-order valence-electron chi connectivity index (χ2n) is 5.09. The van der Waals surface area contributed by atoms with Crippen LogP contribution in [0.3, 0.4) is 0 Å². The van der Waals surface area contributed by atoms with E-state index in [0.29, 0.717) is 22.6 Å². The van der Waals surface area contributed by atoms with Crippen molar-refractivity contribution in [1.29, 1.82) is 0 Å². The van der Waals surface area contributed by atoms with Gasteiger partial charge in [-0.1, -0.05) is 24.9 Å². The van der Waals surface area contributed by atoms with E-state index in [1.807, 2.05) is 0 Å². The van der Waals surface area contributed by atoms with Crippen LogP contribution in [0, 0.1) is 0 Å². The summed E-state index contributed by atoms with van der Waals surface area (Å²) < 4.78 is 7.21. The Bertz CT molecular complexity index is 942. The molecule has 0 saturated carbocycles. The number of nitrogens with zero attached hydrogens (tertiary/aromatic N) is 3. The van der Waals surface area contributed by atoms with Crippen molar-refractivity contribution in [2.45, 2.75) is 19.8 Å². The lowest BCUT2D eigenvalue weighted by molar-refractivity contribution is 0.467. The summed E-state index contributed by atoms with van der Waals surface area (Å²) in [5, 5.41) is 1.02. The molecule has 118 valence electrons. The summed E-state index contributed by atoms with van der Waals surface area (Å²) in [6.45, 7) is 2.67. The summed E-state index contributed by atoms with van der Waals surface area (Å²) in [5.74, 6) is 0. The number of pyridine rings is 1. The maximum atomic E-state index is 12.8. The maximum Gasteiger partial charge on any atom is 0.306 e. The largest absolute Gasteiger partial charge is 0.405 e. The lowest BCUT2D eigenvalue weighted by Gasteiger charge is -2.07. The van der Waals surface area contributed by atoms with Crippen LogP contribution in [0.25, 0.3) is 16.8 Å². The van der Waals surface area contributed by atoms with Crippen molar-refractivity contribution in [3.8, 4) is 5.69 Å². The highest BCUT2D eigenvalue weighted by Gasteiger charge is 2.10. The van der Waals surface area contributed by atoms with E-state index in [2.05, 4.69) is 16.9 Å². The Morgan fingerprint density at radius 3 is 2.78 bits per heavy atom. The lowest BCUT2D eigenvalue weighted by atomic mass is 10.3. The van der Waals surface area contributed by atoms with Gasteiger partial charge in [0.05, 0.1) is 5.69 Å². The van der Waals surface area contributed by atoms with E-state index in [4.69, 9.17) is 16.0 Å². The smallest absolute Gasteiger partial charge is 0.306 e. The van der Waals surface area contributed by atoms with Crippen LogP contribution >= 0.6 is 11.6 Å². The second kappa shape index (κ2) is 6.79. The summed E-state index contributed by atoms with van der Waals surface area (Å²) in [6.07, 6.45) is 3.53. The van der Waals surface area contributed by atoms with Crippen molar-refractivity contribution in [2.75, 3.05) is 6.54 Å². The molecule has 0 fully saturated rings. The average Bonchev–Trinajstić information content (AvgIpc) is 2.57. The lowest BCUT2D eigenvalue weighted by Crippen LogP contribution is -2.32. The van der Waals surface area contributed by atoms with Gasteiger partial charge in [0.25, 0.3) is 5.56 Å². The maximum absolute atomic E-state index is 12.8. The zero-order chi connectivity index (χ0) is 16.2. The first-order valence-electron chi connectivity index (χ1n) is 7.48. The number of rotatable bonds is 4. The molecule has 0 saturated heterocycles. The molecule has 6 heteroatoms. The van der Waals surface area contributed by atoms with Crippen molar-refractivity contribution in [3.63, 3.8) is 0 Å². The Morgan fingerprint density at radius 2 is 2.04 bits per heavy atom. The van der Waals surface area contributed by atoms with Crippen molar-refractivity contribution in [3.05, 3.63) is 63.7 Å². The Kier molecular flexibility index (Phi) is 4.57. The van der Waals surface area contributed by atoms with Crippen LogP contribution in [-0.4, -0.2) is 16.1 Å². The molecule has 0 aliphatic heterocycles. The average molecular weight is 330 g/mol. The highest BCUT2D eigenvalue weighted by molar-refractivity contribution is 6.30. The van der Waals surface area contributed by atoms with Crippen LogP contribution < -0.4 is 11.2 Å². The predicted molar refractivity (Wildman–Crippen MR) is 90.0 cm³/mol. The highest BCUT2D eigenvalue weighted by atomic mass is 35.5. The molecule has 2 aromatic heterocycles. The Labute approximate surface area is 137 Å². The molecule has 3 rings (SSSR count). The van der Waals surface area contributed by atoms with Gasteiger partial charge in [-0.15, -0.1) is 0 Å². The molecule has 0 spiro atoms. The zero-order valence-corrected chi connectivity index (χ0v) is 13.5. The van der Waals surface area contributed by atoms with Crippen LogP contribution in [0.5, 0.6) is 0 Å². The quantitative estimate of drug-likeness (QED) is 0.690. The summed E-state index contributed by atoms with van der Waals surface area (Å²) in [4.78, 5) is 21.4. The number of unbranched alkanes of at least 4 members (excludes halogenated alkanes) is 1. The van der Waals surface area contributed by atoms with E-state index in [9.17, 15) is 4.79 Å². The third kappa shape index (κ3) is 3.19. The van der Waals surface area contributed by atoms with Crippen LogP contribution in [0.15, 0.2) is 56.8 Å². The van der Waals surface area contributed by atoms with E-state index in [1.165, 1.54) is 4.57 Å². The van der Waals surface area contributed by atoms with Crippen molar-refractivity contribution >= 4 is 22.7 Å². The molecule has 3 aromatic rings. The standard InChI is InChI=1S/C17H16ClN3O2/c1-2-3-10-20-17-21(13-8-6-12(18)7-9-13)16(22)14-5-4-11-19-15(14)23-17/h4-9,11H,2-3,10H2,1H3. The third-order valence-electron chi connectivity index (χ3n) is 3.43. The first-order valence-corrected chi connectivity index (χ1v) is 7.86. The number of halogens is 1. The fourth-order valence-corrected chi connectivity index (χ4v) is 2.35. The first-order chi connectivity index (χ1) is 11.2. The Balaban J connectivity index is 2.30. The molecular formula is C17H16ClN3O2. The number of fused-ring (bicyclic) bond motifs is 1. The van der Waals surface area contributed by atoms with E-state index in [1.54, 1.807) is 42.6 Å². The predicted octanol–water partition coefficient (Wildman–Crippen LogP) is 3.33. The molecule has 0 N–H and O–H groups in total. The van der Waals surface area contributed by atoms with Gasteiger partial charge in [0.15, 0.2) is 0 Å². The van der Waals surface area contributed by atoms with Crippen LogP contribution in [-0.2, 0) is 0 Å². The molecule has 0 aliphatic carbocycles. The van der Waals surface area contributed by atoms with Gasteiger partial charge >= 0.3 is 5.68 Å². The molecule has 0 radical (unpaired) electrons. The van der Waals surface area contributed by atoms with E-state index >= 15 is 0 Å². The molecule has 23 heavy (non-hydrogen) atoms. The molecule has 2 heterocycles. The summed E-state index contributed by atoms with van der Waals surface area (Å²) >= 11 is 5.93. The third-order valence-corrected chi connectivity index (χ3v) is 3.68. The van der Waals surface area contributed by atoms with Crippen molar-refractivity contribution in [2.24, 2.45) is 4.99 Å². The van der Waals surface area contributed by atoms with Gasteiger partial charge < -0.3 is 4.42 Å². The normalized spacial score (nSPS) is 12.0. The van der Waals surface area contributed by atoms with Gasteiger partial charge in [0.2, 0.25) is 5.71 Å². The van der Waals surface area contributed by atoms with Gasteiger partial charge in [0, 0.05) is 17.8 Å². The minimum absolute atomic E-state index is 0.211. The highest BCUT2D eigenvalue weighted by Crippen LogP contribution is 2.12. The second-order valence-corrected chi connectivity index (χ2v) is 5.53. The van der Waals surface area contributed by atoms with Crippen LogP contribution in [0.1, 0.15) is 19.8 Å². The van der Waals surface area contributed by atoms with Gasteiger partial charge in [-0.2, -0.15) is 0 Å². The monoisotopic (exact) mass is 329 g/mol. The number of benzene rings is 1. The van der Waals surface area contributed by atoms with Gasteiger partial charge in [0.1, 0.15) is 5.39 Å². The molecule has 1 aromatic carbocycles. The zero-order valence-electron chi connectivity index (χ0n) is 12.7. The summed E-state index contributed by atoms with van der Waals surface area (Å²) in [6, 6.07) is 10.4. The van der Waals surface area contributed by atoms with E-state index < -0.39 is 0 Å². The Morgan fingerprint density at radius 1 is 1.26 bits per heavy atom. The van der Waals surface area contributed by atoms with Crippen LogP contribution in [0.4, 0.5) is 0 Å². The molecule has 0 unspecified atom stereocenters. The van der Waals surface area contributed by atoms with Crippen molar-refractivity contribution < 1.29 is 4.42 Å². The fraction of sp³-hybridized carbons (Fsp3) is 0.235. The minimum Gasteiger partial charge on any atom is -0.405 e. The molecule has 0 aliphatic rings. The Hall–Kier alpha value is -2.40.